The van der Waals surface area contributed by atoms with Gasteiger partial charge in [0.1, 0.15) is 5.82 Å². The SMILES string of the molecule is O=C1CCN(C(=O)c2cccc(-c3cccc(F)c3)c2)CCN1Cc1cc2c(cc1Cl)OCO2. The van der Waals surface area contributed by atoms with Gasteiger partial charge in [-0.3, -0.25) is 9.59 Å². The fourth-order valence-electron chi connectivity index (χ4n) is 4.21. The number of hydrogen-bond donors (Lipinski definition) is 0. The van der Waals surface area contributed by atoms with Crippen LogP contribution in [0, 0.1) is 5.82 Å². The number of hydrogen-bond acceptors (Lipinski definition) is 4. The summed E-state index contributed by atoms with van der Waals surface area (Å²) in [5.41, 5.74) is 2.73. The maximum absolute atomic E-state index is 13.6. The average molecular weight is 481 g/mol. The van der Waals surface area contributed by atoms with Gasteiger partial charge in [-0.15, -0.1) is 0 Å². The predicted molar refractivity (Wildman–Crippen MR) is 125 cm³/mol. The molecule has 3 aromatic rings. The monoisotopic (exact) mass is 480 g/mol. The zero-order chi connectivity index (χ0) is 23.7. The quantitative estimate of drug-likeness (QED) is 0.540. The van der Waals surface area contributed by atoms with Crippen LogP contribution in [0.5, 0.6) is 11.5 Å². The Balaban J connectivity index is 1.29. The van der Waals surface area contributed by atoms with Crippen molar-refractivity contribution in [1.29, 1.82) is 0 Å². The van der Waals surface area contributed by atoms with Gasteiger partial charge in [0.25, 0.3) is 5.91 Å². The molecule has 174 valence electrons. The van der Waals surface area contributed by atoms with E-state index in [0.29, 0.717) is 53.8 Å². The van der Waals surface area contributed by atoms with Gasteiger partial charge in [-0.05, 0) is 47.0 Å². The molecule has 0 bridgehead atoms. The van der Waals surface area contributed by atoms with Crippen LogP contribution in [0.15, 0.2) is 60.7 Å². The van der Waals surface area contributed by atoms with Gasteiger partial charge in [-0.2, -0.15) is 0 Å². The molecule has 0 radical (unpaired) electrons. The molecule has 0 spiro atoms. The lowest BCUT2D eigenvalue weighted by molar-refractivity contribution is -0.130. The summed E-state index contributed by atoms with van der Waals surface area (Å²) in [7, 11) is 0. The van der Waals surface area contributed by atoms with E-state index in [0.717, 1.165) is 11.1 Å². The molecule has 0 N–H and O–H groups in total. The molecule has 1 fully saturated rings. The third-order valence-corrected chi connectivity index (χ3v) is 6.40. The van der Waals surface area contributed by atoms with Crippen molar-refractivity contribution in [3.05, 3.63) is 82.6 Å². The van der Waals surface area contributed by atoms with Crippen molar-refractivity contribution in [2.45, 2.75) is 13.0 Å². The Morgan fingerprint density at radius 1 is 0.941 bits per heavy atom. The first-order chi connectivity index (χ1) is 16.5. The molecule has 8 heteroatoms. The molecule has 5 rings (SSSR count). The first-order valence-electron chi connectivity index (χ1n) is 11.0. The Hall–Kier alpha value is -3.58. The molecular formula is C26H22ClFN2O4. The van der Waals surface area contributed by atoms with Gasteiger partial charge < -0.3 is 19.3 Å². The molecule has 6 nitrogen and oxygen atoms in total. The van der Waals surface area contributed by atoms with E-state index in [4.69, 9.17) is 21.1 Å². The summed E-state index contributed by atoms with van der Waals surface area (Å²) >= 11 is 6.39. The van der Waals surface area contributed by atoms with Crippen LogP contribution in [-0.4, -0.2) is 48.0 Å². The van der Waals surface area contributed by atoms with E-state index in [2.05, 4.69) is 0 Å². The lowest BCUT2D eigenvalue weighted by Crippen LogP contribution is -2.35. The van der Waals surface area contributed by atoms with Crippen LogP contribution < -0.4 is 9.47 Å². The van der Waals surface area contributed by atoms with Crippen molar-refractivity contribution in [1.82, 2.24) is 9.80 Å². The smallest absolute Gasteiger partial charge is 0.253 e. The second-order valence-electron chi connectivity index (χ2n) is 8.25. The van der Waals surface area contributed by atoms with E-state index in [1.807, 2.05) is 6.07 Å². The van der Waals surface area contributed by atoms with Crippen LogP contribution >= 0.6 is 11.6 Å². The van der Waals surface area contributed by atoms with Crippen molar-refractivity contribution < 1.29 is 23.5 Å². The fourth-order valence-corrected chi connectivity index (χ4v) is 4.42. The van der Waals surface area contributed by atoms with Gasteiger partial charge in [-0.1, -0.05) is 35.9 Å². The first kappa shape index (κ1) is 22.2. The minimum Gasteiger partial charge on any atom is -0.454 e. The van der Waals surface area contributed by atoms with E-state index in [1.54, 1.807) is 52.3 Å². The molecule has 2 aliphatic heterocycles. The molecule has 0 aromatic heterocycles. The Morgan fingerprint density at radius 2 is 1.68 bits per heavy atom. The van der Waals surface area contributed by atoms with Gasteiger partial charge in [0.15, 0.2) is 11.5 Å². The molecule has 2 amide bonds. The zero-order valence-electron chi connectivity index (χ0n) is 18.3. The Kier molecular flexibility index (Phi) is 6.11. The Labute approximate surface area is 201 Å². The number of ether oxygens (including phenoxy) is 2. The highest BCUT2D eigenvalue weighted by molar-refractivity contribution is 6.31. The molecule has 34 heavy (non-hydrogen) atoms. The molecule has 0 saturated carbocycles. The Morgan fingerprint density at radius 3 is 2.47 bits per heavy atom. The number of nitrogens with zero attached hydrogens (tertiary/aromatic N) is 2. The standard InChI is InChI=1S/C26H22ClFN2O4/c27-22-14-24-23(33-16-34-24)13-20(22)15-30-10-9-29(8-7-25(30)31)26(32)19-5-1-3-17(11-19)18-4-2-6-21(28)12-18/h1-6,11-14H,7-10,15-16H2. The summed E-state index contributed by atoms with van der Waals surface area (Å²) in [6, 6.07) is 16.9. The fraction of sp³-hybridized carbons (Fsp3) is 0.231. The highest BCUT2D eigenvalue weighted by Crippen LogP contribution is 2.37. The topological polar surface area (TPSA) is 59.1 Å². The molecule has 2 heterocycles. The number of carbonyl (C=O) groups is 2. The van der Waals surface area contributed by atoms with Gasteiger partial charge in [0, 0.05) is 49.3 Å². The molecule has 1 saturated heterocycles. The van der Waals surface area contributed by atoms with Crippen LogP contribution in [-0.2, 0) is 11.3 Å². The van der Waals surface area contributed by atoms with E-state index < -0.39 is 0 Å². The second kappa shape index (κ2) is 9.35. The average Bonchev–Trinajstić information content (AvgIpc) is 3.21. The van der Waals surface area contributed by atoms with Gasteiger partial charge >= 0.3 is 0 Å². The third kappa shape index (κ3) is 4.56. The van der Waals surface area contributed by atoms with Crippen LogP contribution in [0.4, 0.5) is 4.39 Å². The summed E-state index contributed by atoms with van der Waals surface area (Å²) in [6.45, 7) is 1.59. The van der Waals surface area contributed by atoms with Crippen LogP contribution in [0.2, 0.25) is 5.02 Å². The molecule has 2 aliphatic rings. The zero-order valence-corrected chi connectivity index (χ0v) is 19.1. The highest BCUT2D eigenvalue weighted by atomic mass is 35.5. The van der Waals surface area contributed by atoms with Gasteiger partial charge in [0.2, 0.25) is 12.7 Å². The van der Waals surface area contributed by atoms with Crippen molar-refractivity contribution in [3.63, 3.8) is 0 Å². The maximum atomic E-state index is 13.6. The van der Waals surface area contributed by atoms with Crippen LogP contribution in [0.3, 0.4) is 0 Å². The minimum absolute atomic E-state index is 0.0439. The van der Waals surface area contributed by atoms with E-state index in [1.165, 1.54) is 12.1 Å². The molecule has 0 atom stereocenters. The van der Waals surface area contributed by atoms with Crippen molar-refractivity contribution in [3.8, 4) is 22.6 Å². The molecule has 0 aliphatic carbocycles. The minimum atomic E-state index is -0.331. The number of rotatable bonds is 4. The van der Waals surface area contributed by atoms with Crippen molar-refractivity contribution >= 4 is 23.4 Å². The number of amides is 2. The lowest BCUT2D eigenvalue weighted by atomic mass is 10.0. The third-order valence-electron chi connectivity index (χ3n) is 6.05. The number of halogens is 2. The van der Waals surface area contributed by atoms with Crippen molar-refractivity contribution in [2.24, 2.45) is 0 Å². The van der Waals surface area contributed by atoms with Crippen LogP contribution in [0.1, 0.15) is 22.3 Å². The van der Waals surface area contributed by atoms with E-state index in [9.17, 15) is 14.0 Å². The maximum Gasteiger partial charge on any atom is 0.253 e. The summed E-state index contributed by atoms with van der Waals surface area (Å²) in [4.78, 5) is 29.4. The summed E-state index contributed by atoms with van der Waals surface area (Å²) in [5, 5.41) is 0.503. The second-order valence-corrected chi connectivity index (χ2v) is 8.65. The van der Waals surface area contributed by atoms with Crippen LogP contribution in [0.25, 0.3) is 11.1 Å². The number of carbonyl (C=O) groups excluding carboxylic acids is 2. The van der Waals surface area contributed by atoms with E-state index >= 15 is 0 Å². The number of fused-ring (bicyclic) bond motifs is 1. The van der Waals surface area contributed by atoms with E-state index in [-0.39, 0.29) is 30.8 Å². The summed E-state index contributed by atoms with van der Waals surface area (Å²) in [5.74, 6) is 0.666. The summed E-state index contributed by atoms with van der Waals surface area (Å²) < 4.78 is 24.4. The first-order valence-corrected chi connectivity index (χ1v) is 11.4. The lowest BCUT2D eigenvalue weighted by Gasteiger charge is -2.23. The number of benzene rings is 3. The predicted octanol–water partition coefficient (Wildman–Crippen LogP) is 4.75. The highest BCUT2D eigenvalue weighted by Gasteiger charge is 2.26. The van der Waals surface area contributed by atoms with Gasteiger partial charge in [-0.25, -0.2) is 4.39 Å². The summed E-state index contributed by atoms with van der Waals surface area (Å²) in [6.07, 6.45) is 0.220. The largest absolute Gasteiger partial charge is 0.454 e. The molecule has 0 unspecified atom stereocenters. The normalized spacial score (nSPS) is 15.4. The molecule has 3 aromatic carbocycles. The van der Waals surface area contributed by atoms with Crippen molar-refractivity contribution in [2.75, 3.05) is 26.4 Å². The Bertz CT molecular complexity index is 1270. The van der Waals surface area contributed by atoms with Gasteiger partial charge in [0.05, 0.1) is 0 Å². The molecular weight excluding hydrogens is 459 g/mol.